The third-order valence-electron chi connectivity index (χ3n) is 3.76. The number of imide groups is 2. The third-order valence-corrected chi connectivity index (χ3v) is 5.36. The first-order chi connectivity index (χ1) is 13.4. The van der Waals surface area contributed by atoms with Gasteiger partial charge in [0.05, 0.1) is 19.9 Å². The molecule has 0 atom stereocenters. The van der Waals surface area contributed by atoms with E-state index in [9.17, 15) is 14.4 Å². The number of amides is 4. The summed E-state index contributed by atoms with van der Waals surface area (Å²) in [4.78, 5) is 38.0. The lowest BCUT2D eigenvalue weighted by Gasteiger charge is -2.25. The lowest BCUT2D eigenvalue weighted by molar-refractivity contribution is -0.130. The lowest BCUT2D eigenvalue weighted by atomic mass is 10.1. The predicted molar refractivity (Wildman–Crippen MR) is 118 cm³/mol. The molecule has 1 saturated heterocycles. The molecule has 1 fully saturated rings. The normalized spacial score (nSPS) is 15.7. The van der Waals surface area contributed by atoms with Gasteiger partial charge in [-0.1, -0.05) is 12.7 Å². The second-order valence-electron chi connectivity index (χ2n) is 5.70. The van der Waals surface area contributed by atoms with Gasteiger partial charge in [0.15, 0.2) is 0 Å². The summed E-state index contributed by atoms with van der Waals surface area (Å²) in [7, 11) is 0. The molecule has 1 aliphatic rings. The van der Waals surface area contributed by atoms with E-state index in [1.54, 1.807) is 30.3 Å². The van der Waals surface area contributed by atoms with Crippen LogP contribution in [0.3, 0.4) is 0 Å². The molecule has 3 rings (SSSR count). The predicted octanol–water partition coefficient (Wildman–Crippen LogP) is 3.72. The van der Waals surface area contributed by atoms with Gasteiger partial charge in [0.1, 0.15) is 23.7 Å². The van der Waals surface area contributed by atoms with Crippen molar-refractivity contribution < 1.29 is 23.5 Å². The number of nitrogens with one attached hydrogen (secondary N) is 1. The zero-order valence-corrected chi connectivity index (χ0v) is 18.7. The summed E-state index contributed by atoms with van der Waals surface area (Å²) in [6, 6.07) is 6.11. The number of ether oxygens (including phenoxy) is 1. The Kier molecular flexibility index (Phi) is 6.54. The summed E-state index contributed by atoms with van der Waals surface area (Å²) in [5.74, 6) is -0.271. The largest absolute Gasteiger partial charge is 0.487 e. The molecule has 9 heteroatoms. The monoisotopic (exact) mass is 604 g/mol. The molecule has 0 radical (unpaired) electrons. The average Bonchev–Trinajstić information content (AvgIpc) is 3.15. The lowest BCUT2D eigenvalue weighted by Crippen LogP contribution is -2.53. The number of halogens is 2. The Balaban J connectivity index is 1.91. The maximum Gasteiger partial charge on any atom is 0.331 e. The number of nitrogens with zero attached hydrogens (tertiary/aromatic N) is 1. The van der Waals surface area contributed by atoms with E-state index in [1.807, 2.05) is 0 Å². The molecular formula is C19H14I2N2O5. The number of hydrogen-bond acceptors (Lipinski definition) is 5. The number of hydrogen-bond donors (Lipinski definition) is 1. The number of benzene rings is 1. The van der Waals surface area contributed by atoms with Crippen LogP contribution in [0.5, 0.6) is 5.75 Å². The van der Waals surface area contributed by atoms with Gasteiger partial charge in [-0.3, -0.25) is 19.8 Å². The van der Waals surface area contributed by atoms with E-state index >= 15 is 0 Å². The average molecular weight is 604 g/mol. The molecule has 2 aromatic rings. The van der Waals surface area contributed by atoms with E-state index in [2.05, 4.69) is 57.1 Å². The Hall–Kier alpha value is -2.15. The Morgan fingerprint density at radius 1 is 1.21 bits per heavy atom. The summed E-state index contributed by atoms with van der Waals surface area (Å²) in [5.41, 5.74) is 0.517. The molecule has 0 aliphatic carbocycles. The number of furan rings is 1. The fraction of sp³-hybridized carbons (Fsp3) is 0.105. The molecule has 1 aromatic carbocycles. The van der Waals surface area contributed by atoms with Crippen molar-refractivity contribution in [2.45, 2.75) is 6.54 Å². The fourth-order valence-corrected chi connectivity index (χ4v) is 4.63. The first kappa shape index (κ1) is 20.6. The number of barbiturate groups is 1. The van der Waals surface area contributed by atoms with Crippen molar-refractivity contribution in [3.05, 3.63) is 67.2 Å². The van der Waals surface area contributed by atoms with Gasteiger partial charge in [0.2, 0.25) is 0 Å². The van der Waals surface area contributed by atoms with Gasteiger partial charge < -0.3 is 9.15 Å². The van der Waals surface area contributed by atoms with Crippen LogP contribution in [0.25, 0.3) is 6.08 Å². The van der Waals surface area contributed by atoms with E-state index in [1.165, 1.54) is 12.3 Å². The summed E-state index contributed by atoms with van der Waals surface area (Å²) < 4.78 is 12.5. The molecule has 4 amide bonds. The van der Waals surface area contributed by atoms with Gasteiger partial charge in [0.25, 0.3) is 11.8 Å². The van der Waals surface area contributed by atoms with Crippen molar-refractivity contribution in [3.8, 4) is 5.75 Å². The molecule has 0 unspecified atom stereocenters. The molecule has 2 heterocycles. The molecule has 144 valence electrons. The smallest absolute Gasteiger partial charge is 0.331 e. The summed E-state index contributed by atoms with van der Waals surface area (Å²) in [6.07, 6.45) is 4.56. The highest BCUT2D eigenvalue weighted by molar-refractivity contribution is 14.1. The first-order valence-corrected chi connectivity index (χ1v) is 10.2. The molecule has 7 nitrogen and oxygen atoms in total. The summed E-state index contributed by atoms with van der Waals surface area (Å²) >= 11 is 4.24. The topological polar surface area (TPSA) is 88.8 Å². The highest BCUT2D eigenvalue weighted by Crippen LogP contribution is 2.30. The van der Waals surface area contributed by atoms with E-state index in [0.717, 1.165) is 12.0 Å². The van der Waals surface area contributed by atoms with Crippen LogP contribution < -0.4 is 10.1 Å². The number of urea groups is 1. The van der Waals surface area contributed by atoms with Gasteiger partial charge in [-0.2, -0.15) is 0 Å². The molecular weight excluding hydrogens is 590 g/mol. The van der Waals surface area contributed by atoms with E-state index in [0.29, 0.717) is 23.7 Å². The number of carbonyl (C=O) groups is 3. The Morgan fingerprint density at radius 3 is 2.54 bits per heavy atom. The molecule has 0 bridgehead atoms. The molecule has 0 spiro atoms. The molecule has 1 aliphatic heterocycles. The van der Waals surface area contributed by atoms with Gasteiger partial charge in [-0.05, 0) is 81.1 Å². The van der Waals surface area contributed by atoms with Crippen molar-refractivity contribution in [1.82, 2.24) is 10.2 Å². The van der Waals surface area contributed by atoms with Crippen molar-refractivity contribution >= 4 is 69.1 Å². The van der Waals surface area contributed by atoms with Crippen molar-refractivity contribution in [1.29, 1.82) is 0 Å². The van der Waals surface area contributed by atoms with Crippen LogP contribution in [0.1, 0.15) is 11.3 Å². The van der Waals surface area contributed by atoms with E-state index in [-0.39, 0.29) is 12.1 Å². The second kappa shape index (κ2) is 8.90. The molecule has 1 N–H and O–H groups in total. The number of rotatable bonds is 6. The molecule has 0 saturated carbocycles. The summed E-state index contributed by atoms with van der Waals surface area (Å²) in [5, 5.41) is 2.19. The Labute approximate surface area is 188 Å². The zero-order valence-electron chi connectivity index (χ0n) is 14.4. The van der Waals surface area contributed by atoms with E-state index in [4.69, 9.17) is 9.15 Å². The van der Waals surface area contributed by atoms with Crippen LogP contribution in [0.15, 0.2) is 53.2 Å². The maximum atomic E-state index is 12.7. The van der Waals surface area contributed by atoms with E-state index < -0.39 is 17.8 Å². The van der Waals surface area contributed by atoms with Gasteiger partial charge >= 0.3 is 6.03 Å². The van der Waals surface area contributed by atoms with Crippen molar-refractivity contribution in [3.63, 3.8) is 0 Å². The molecule has 1 aromatic heterocycles. The summed E-state index contributed by atoms with van der Waals surface area (Å²) in [6.45, 7) is 3.93. The SMILES string of the molecule is C=CCOc1c(I)cc(/C=C2\C(=O)NC(=O)N(Cc3ccco3)C2=O)cc1I. The second-order valence-corrected chi connectivity index (χ2v) is 8.03. The standard InChI is InChI=1S/C19H14I2N2O5/c1-2-5-28-16-14(20)8-11(9-15(16)21)7-13-17(24)22-19(26)23(18(13)25)10-12-4-3-6-27-12/h2-4,6-9H,1,5,10H2,(H,22,24,26)/b13-7+. The van der Waals surface area contributed by atoms with Crippen LogP contribution in [0, 0.1) is 7.14 Å². The zero-order chi connectivity index (χ0) is 20.3. The van der Waals surface area contributed by atoms with Gasteiger partial charge in [0, 0.05) is 0 Å². The van der Waals surface area contributed by atoms with Crippen LogP contribution in [-0.2, 0) is 16.1 Å². The van der Waals surface area contributed by atoms with Crippen molar-refractivity contribution in [2.75, 3.05) is 6.61 Å². The van der Waals surface area contributed by atoms with Gasteiger partial charge in [-0.15, -0.1) is 0 Å². The minimum absolute atomic E-state index is 0.0638. The highest BCUT2D eigenvalue weighted by Gasteiger charge is 2.36. The minimum Gasteiger partial charge on any atom is -0.487 e. The van der Waals surface area contributed by atoms with Crippen molar-refractivity contribution in [2.24, 2.45) is 0 Å². The Morgan fingerprint density at radius 2 is 1.93 bits per heavy atom. The minimum atomic E-state index is -0.777. The van der Waals surface area contributed by atoms with Crippen LogP contribution in [0.4, 0.5) is 4.79 Å². The van der Waals surface area contributed by atoms with Crippen LogP contribution in [0.2, 0.25) is 0 Å². The quantitative estimate of drug-likeness (QED) is 0.235. The van der Waals surface area contributed by atoms with Gasteiger partial charge in [-0.25, -0.2) is 4.79 Å². The third kappa shape index (κ3) is 4.46. The Bertz CT molecular complexity index is 959. The van der Waals surface area contributed by atoms with Crippen LogP contribution in [-0.4, -0.2) is 29.4 Å². The molecule has 28 heavy (non-hydrogen) atoms. The highest BCUT2D eigenvalue weighted by atomic mass is 127. The van der Waals surface area contributed by atoms with Crippen LogP contribution >= 0.6 is 45.2 Å². The maximum absolute atomic E-state index is 12.7. The number of carbonyl (C=O) groups excluding carboxylic acids is 3. The fourth-order valence-electron chi connectivity index (χ4n) is 2.51. The first-order valence-electron chi connectivity index (χ1n) is 8.04.